The Hall–Kier alpha value is -0.560. The Morgan fingerprint density at radius 3 is 3.00 bits per heavy atom. The second-order valence-corrected chi connectivity index (χ2v) is 4.10. The van der Waals surface area contributed by atoms with Gasteiger partial charge in [-0.2, -0.15) is 0 Å². The van der Waals surface area contributed by atoms with Gasteiger partial charge in [-0.1, -0.05) is 31.2 Å². The number of hydrogen-bond donors (Lipinski definition) is 0. The SMILES string of the molecule is C=C(C)/C=C/[C@@H]1C[C@H](C)CCCO1. The number of hydrogen-bond acceptors (Lipinski definition) is 1. The molecule has 13 heavy (non-hydrogen) atoms. The van der Waals surface area contributed by atoms with E-state index in [4.69, 9.17) is 4.74 Å². The third kappa shape index (κ3) is 4.28. The Balaban J connectivity index is 2.43. The first-order chi connectivity index (χ1) is 6.18. The summed E-state index contributed by atoms with van der Waals surface area (Å²) in [6.45, 7) is 9.06. The van der Waals surface area contributed by atoms with E-state index >= 15 is 0 Å². The van der Waals surface area contributed by atoms with Crippen LogP contribution in [0, 0.1) is 5.92 Å². The molecule has 1 heterocycles. The molecule has 0 radical (unpaired) electrons. The molecule has 0 saturated carbocycles. The van der Waals surface area contributed by atoms with Crippen molar-refractivity contribution in [1.29, 1.82) is 0 Å². The van der Waals surface area contributed by atoms with Crippen LogP contribution >= 0.6 is 0 Å². The van der Waals surface area contributed by atoms with E-state index in [0.717, 1.165) is 24.5 Å². The van der Waals surface area contributed by atoms with E-state index in [9.17, 15) is 0 Å². The van der Waals surface area contributed by atoms with Crippen LogP contribution in [0.4, 0.5) is 0 Å². The summed E-state index contributed by atoms with van der Waals surface area (Å²) in [6, 6.07) is 0. The van der Waals surface area contributed by atoms with Crippen molar-refractivity contribution in [2.75, 3.05) is 6.61 Å². The van der Waals surface area contributed by atoms with Crippen molar-refractivity contribution in [2.45, 2.75) is 39.2 Å². The average Bonchev–Trinajstić information content (AvgIpc) is 2.26. The average molecular weight is 180 g/mol. The molecule has 1 saturated heterocycles. The van der Waals surface area contributed by atoms with Crippen molar-refractivity contribution in [3.8, 4) is 0 Å². The van der Waals surface area contributed by atoms with Crippen LogP contribution in [0.2, 0.25) is 0 Å². The minimum Gasteiger partial charge on any atom is -0.374 e. The maximum absolute atomic E-state index is 5.70. The molecule has 0 aromatic heterocycles. The van der Waals surface area contributed by atoms with E-state index in [-0.39, 0.29) is 0 Å². The normalized spacial score (nSPS) is 30.3. The van der Waals surface area contributed by atoms with Crippen LogP contribution in [0.25, 0.3) is 0 Å². The predicted octanol–water partition coefficient (Wildman–Crippen LogP) is 3.32. The molecule has 1 aliphatic heterocycles. The van der Waals surface area contributed by atoms with Gasteiger partial charge in [0.1, 0.15) is 0 Å². The third-order valence-electron chi connectivity index (χ3n) is 2.40. The predicted molar refractivity (Wildman–Crippen MR) is 56.7 cm³/mol. The summed E-state index contributed by atoms with van der Waals surface area (Å²) in [6.07, 6.45) is 8.18. The quantitative estimate of drug-likeness (QED) is 0.592. The molecule has 1 heteroatoms. The molecule has 0 aromatic carbocycles. The van der Waals surface area contributed by atoms with Crippen molar-refractivity contribution in [1.82, 2.24) is 0 Å². The topological polar surface area (TPSA) is 9.23 Å². The maximum Gasteiger partial charge on any atom is 0.0761 e. The first-order valence-electron chi connectivity index (χ1n) is 5.14. The third-order valence-corrected chi connectivity index (χ3v) is 2.40. The highest BCUT2D eigenvalue weighted by Gasteiger charge is 2.14. The molecule has 0 N–H and O–H groups in total. The Morgan fingerprint density at radius 2 is 2.31 bits per heavy atom. The highest BCUT2D eigenvalue weighted by atomic mass is 16.5. The Morgan fingerprint density at radius 1 is 1.54 bits per heavy atom. The molecule has 1 rings (SSSR count). The largest absolute Gasteiger partial charge is 0.374 e. The van der Waals surface area contributed by atoms with Crippen molar-refractivity contribution in [3.05, 3.63) is 24.3 Å². The number of rotatable bonds is 2. The van der Waals surface area contributed by atoms with Crippen LogP contribution in [0.1, 0.15) is 33.1 Å². The summed E-state index contributed by atoms with van der Waals surface area (Å²) in [7, 11) is 0. The zero-order valence-electron chi connectivity index (χ0n) is 8.75. The van der Waals surface area contributed by atoms with Gasteiger partial charge in [-0.15, -0.1) is 0 Å². The van der Waals surface area contributed by atoms with Crippen LogP contribution in [-0.2, 0) is 4.74 Å². The summed E-state index contributed by atoms with van der Waals surface area (Å²) >= 11 is 0. The fourth-order valence-electron chi connectivity index (χ4n) is 1.65. The summed E-state index contributed by atoms with van der Waals surface area (Å²) < 4.78 is 5.70. The van der Waals surface area contributed by atoms with Crippen molar-refractivity contribution in [2.24, 2.45) is 5.92 Å². The Bertz CT molecular complexity index is 193. The molecule has 1 aliphatic rings. The molecule has 0 bridgehead atoms. The van der Waals surface area contributed by atoms with Crippen LogP contribution in [-0.4, -0.2) is 12.7 Å². The van der Waals surface area contributed by atoms with E-state index in [1.807, 2.05) is 6.92 Å². The van der Waals surface area contributed by atoms with Gasteiger partial charge in [-0.25, -0.2) is 0 Å². The highest BCUT2D eigenvalue weighted by molar-refractivity contribution is 5.12. The lowest BCUT2D eigenvalue weighted by atomic mass is 9.99. The van der Waals surface area contributed by atoms with Gasteiger partial charge in [0.2, 0.25) is 0 Å². The first kappa shape index (κ1) is 10.5. The summed E-state index contributed by atoms with van der Waals surface area (Å²) in [5, 5.41) is 0. The summed E-state index contributed by atoms with van der Waals surface area (Å²) in [5.74, 6) is 0.794. The number of ether oxygens (including phenoxy) is 1. The lowest BCUT2D eigenvalue weighted by Gasteiger charge is -2.12. The van der Waals surface area contributed by atoms with Crippen molar-refractivity contribution in [3.63, 3.8) is 0 Å². The molecule has 2 atom stereocenters. The van der Waals surface area contributed by atoms with E-state index in [1.165, 1.54) is 12.8 Å². The molecule has 0 spiro atoms. The molecule has 1 fully saturated rings. The molecule has 1 nitrogen and oxygen atoms in total. The number of allylic oxidation sites excluding steroid dienone is 2. The first-order valence-corrected chi connectivity index (χ1v) is 5.14. The maximum atomic E-state index is 5.70. The van der Waals surface area contributed by atoms with Gasteiger partial charge in [-0.3, -0.25) is 0 Å². The van der Waals surface area contributed by atoms with E-state index < -0.39 is 0 Å². The van der Waals surface area contributed by atoms with Gasteiger partial charge < -0.3 is 4.74 Å². The van der Waals surface area contributed by atoms with Crippen LogP contribution in [0.3, 0.4) is 0 Å². The second kappa shape index (κ2) is 5.23. The summed E-state index contributed by atoms with van der Waals surface area (Å²) in [5.41, 5.74) is 1.10. The standard InChI is InChI=1S/C12H20O/c1-10(2)6-7-12-9-11(3)5-4-8-13-12/h6-7,11-12H,1,4-5,8-9H2,2-3H3/b7-6+/t11-,12-/m1/s1. The molecule has 0 aromatic rings. The zero-order chi connectivity index (χ0) is 9.68. The Kier molecular flexibility index (Phi) is 4.23. The highest BCUT2D eigenvalue weighted by Crippen LogP contribution is 2.20. The van der Waals surface area contributed by atoms with E-state index in [0.29, 0.717) is 6.10 Å². The fourth-order valence-corrected chi connectivity index (χ4v) is 1.65. The minimum absolute atomic E-state index is 0.314. The molecular weight excluding hydrogens is 160 g/mol. The fraction of sp³-hybridized carbons (Fsp3) is 0.667. The minimum atomic E-state index is 0.314. The summed E-state index contributed by atoms with van der Waals surface area (Å²) in [4.78, 5) is 0. The molecule has 0 amide bonds. The lowest BCUT2D eigenvalue weighted by Crippen LogP contribution is -2.10. The monoisotopic (exact) mass is 180 g/mol. The van der Waals surface area contributed by atoms with Gasteiger partial charge in [0.25, 0.3) is 0 Å². The van der Waals surface area contributed by atoms with Gasteiger partial charge >= 0.3 is 0 Å². The van der Waals surface area contributed by atoms with Crippen molar-refractivity contribution < 1.29 is 4.74 Å². The molecule has 0 aliphatic carbocycles. The zero-order valence-corrected chi connectivity index (χ0v) is 8.75. The molecular formula is C12H20O. The van der Waals surface area contributed by atoms with Crippen LogP contribution < -0.4 is 0 Å². The van der Waals surface area contributed by atoms with Gasteiger partial charge in [0.05, 0.1) is 6.10 Å². The van der Waals surface area contributed by atoms with Gasteiger partial charge in [0.15, 0.2) is 0 Å². The lowest BCUT2D eigenvalue weighted by molar-refractivity contribution is 0.0883. The second-order valence-electron chi connectivity index (χ2n) is 4.10. The Labute approximate surface area is 81.5 Å². The van der Waals surface area contributed by atoms with E-state index in [2.05, 4.69) is 25.7 Å². The smallest absolute Gasteiger partial charge is 0.0761 e. The van der Waals surface area contributed by atoms with E-state index in [1.54, 1.807) is 0 Å². The van der Waals surface area contributed by atoms with Crippen molar-refractivity contribution >= 4 is 0 Å². The molecule has 0 unspecified atom stereocenters. The van der Waals surface area contributed by atoms with Crippen LogP contribution in [0.5, 0.6) is 0 Å². The van der Waals surface area contributed by atoms with Gasteiger partial charge in [-0.05, 0) is 32.1 Å². The molecule has 74 valence electrons. The van der Waals surface area contributed by atoms with Crippen LogP contribution in [0.15, 0.2) is 24.3 Å². The van der Waals surface area contributed by atoms with Gasteiger partial charge in [0, 0.05) is 6.61 Å².